The summed E-state index contributed by atoms with van der Waals surface area (Å²) >= 11 is 1.73. The molecule has 0 fully saturated rings. The minimum absolute atomic E-state index is 0.143. The van der Waals surface area contributed by atoms with E-state index in [0.29, 0.717) is 25.3 Å². The van der Waals surface area contributed by atoms with E-state index in [4.69, 9.17) is 9.47 Å². The van der Waals surface area contributed by atoms with E-state index in [9.17, 15) is 4.79 Å². The molecule has 1 atom stereocenters. The van der Waals surface area contributed by atoms with Crippen molar-refractivity contribution in [2.75, 3.05) is 33.9 Å². The van der Waals surface area contributed by atoms with Crippen LogP contribution in [0.15, 0.2) is 57.6 Å². The molecular weight excluding hydrogens is 360 g/mol. The van der Waals surface area contributed by atoms with Crippen LogP contribution >= 0.6 is 11.8 Å². The molecule has 6 heteroatoms. The minimum atomic E-state index is -0.314. The van der Waals surface area contributed by atoms with Crippen LogP contribution in [-0.4, -0.2) is 50.5 Å². The predicted molar refractivity (Wildman–Crippen MR) is 112 cm³/mol. The van der Waals surface area contributed by atoms with Gasteiger partial charge >= 0.3 is 5.97 Å². The molecule has 1 aliphatic rings. The van der Waals surface area contributed by atoms with Crippen LogP contribution in [0.3, 0.4) is 0 Å². The summed E-state index contributed by atoms with van der Waals surface area (Å²) in [6.45, 7) is 7.02. The standard InChI is InChI=1S/C21H28N2O3S/c1-6-22-17(13-15(3)21(24)26-7-2)19-18(14-25-5)23(4)20(27-19)16-11-9-8-10-12-16/h8-13,20H,6-7,14H2,1-5H3/b15-13+,22-17?. The highest BCUT2D eigenvalue weighted by molar-refractivity contribution is 8.04. The Balaban J connectivity index is 2.41. The fourth-order valence-corrected chi connectivity index (χ4v) is 4.23. The molecule has 0 aliphatic carbocycles. The molecule has 5 nitrogen and oxygen atoms in total. The van der Waals surface area contributed by atoms with Gasteiger partial charge in [-0.15, -0.1) is 0 Å². The van der Waals surface area contributed by atoms with E-state index >= 15 is 0 Å². The third-order valence-corrected chi connectivity index (χ3v) is 5.64. The molecule has 0 bridgehead atoms. The van der Waals surface area contributed by atoms with E-state index in [1.165, 1.54) is 5.56 Å². The Morgan fingerprint density at radius 1 is 1.30 bits per heavy atom. The number of benzene rings is 1. The first-order valence-corrected chi connectivity index (χ1v) is 9.98. The molecule has 0 saturated heterocycles. The van der Waals surface area contributed by atoms with Gasteiger partial charge in [-0.2, -0.15) is 0 Å². The van der Waals surface area contributed by atoms with E-state index in [2.05, 4.69) is 29.1 Å². The Labute approximate surface area is 166 Å². The Hall–Kier alpha value is -2.05. The molecule has 1 heterocycles. The summed E-state index contributed by atoms with van der Waals surface area (Å²) in [5, 5.41) is 0.143. The van der Waals surface area contributed by atoms with Gasteiger partial charge in [-0.3, -0.25) is 4.99 Å². The third kappa shape index (κ3) is 5.23. The zero-order chi connectivity index (χ0) is 19.8. The number of aliphatic imine (C=N–C) groups is 1. The van der Waals surface area contributed by atoms with Gasteiger partial charge in [-0.05, 0) is 32.4 Å². The van der Waals surface area contributed by atoms with Crippen LogP contribution < -0.4 is 0 Å². The molecule has 0 aromatic heterocycles. The first-order valence-electron chi connectivity index (χ1n) is 9.10. The fraction of sp³-hybridized carbons (Fsp3) is 0.429. The van der Waals surface area contributed by atoms with Gasteiger partial charge in [0.25, 0.3) is 0 Å². The number of thioether (sulfide) groups is 1. The summed E-state index contributed by atoms with van der Waals surface area (Å²) in [5.74, 6) is -0.314. The van der Waals surface area contributed by atoms with E-state index in [1.54, 1.807) is 32.7 Å². The summed E-state index contributed by atoms with van der Waals surface area (Å²) in [5.41, 5.74) is 3.62. The summed E-state index contributed by atoms with van der Waals surface area (Å²) in [4.78, 5) is 20.0. The average Bonchev–Trinajstić information content (AvgIpc) is 2.99. The number of ether oxygens (including phenoxy) is 2. The van der Waals surface area contributed by atoms with Crippen LogP contribution in [0, 0.1) is 0 Å². The average molecular weight is 389 g/mol. The highest BCUT2D eigenvalue weighted by atomic mass is 32.2. The summed E-state index contributed by atoms with van der Waals surface area (Å²) < 4.78 is 10.6. The maximum absolute atomic E-state index is 12.1. The van der Waals surface area contributed by atoms with E-state index in [1.807, 2.05) is 31.2 Å². The lowest BCUT2D eigenvalue weighted by Gasteiger charge is -2.24. The lowest BCUT2D eigenvalue weighted by atomic mass is 10.1. The van der Waals surface area contributed by atoms with Gasteiger partial charge in [0.05, 0.1) is 29.5 Å². The Kier molecular flexibility index (Phi) is 8.13. The number of nitrogens with zero attached hydrogens (tertiary/aromatic N) is 2. The highest BCUT2D eigenvalue weighted by Gasteiger charge is 2.33. The zero-order valence-corrected chi connectivity index (χ0v) is 17.5. The quantitative estimate of drug-likeness (QED) is 0.380. The molecule has 1 aromatic carbocycles. The van der Waals surface area contributed by atoms with E-state index in [-0.39, 0.29) is 11.3 Å². The maximum Gasteiger partial charge on any atom is 0.333 e. The lowest BCUT2D eigenvalue weighted by Crippen LogP contribution is -2.20. The molecule has 0 saturated carbocycles. The molecule has 2 rings (SSSR count). The molecular formula is C21H28N2O3S. The second kappa shape index (κ2) is 10.3. The largest absolute Gasteiger partial charge is 0.463 e. The number of carbonyl (C=O) groups is 1. The van der Waals surface area contributed by atoms with Crippen LogP contribution in [0.5, 0.6) is 0 Å². The van der Waals surface area contributed by atoms with Crippen molar-refractivity contribution in [1.29, 1.82) is 0 Å². The van der Waals surface area contributed by atoms with Crippen molar-refractivity contribution in [3.8, 4) is 0 Å². The van der Waals surface area contributed by atoms with Crippen molar-refractivity contribution in [3.63, 3.8) is 0 Å². The second-order valence-corrected chi connectivity index (χ2v) is 7.20. The normalized spacial score (nSPS) is 18.3. The van der Waals surface area contributed by atoms with Crippen LogP contribution in [0.25, 0.3) is 0 Å². The number of carbonyl (C=O) groups excluding carboxylic acids is 1. The molecule has 27 heavy (non-hydrogen) atoms. The third-order valence-electron chi connectivity index (χ3n) is 4.15. The van der Waals surface area contributed by atoms with Gasteiger partial charge in [0.2, 0.25) is 0 Å². The minimum Gasteiger partial charge on any atom is -0.463 e. The second-order valence-electron chi connectivity index (χ2n) is 6.11. The van der Waals surface area contributed by atoms with Crippen LogP contribution in [-0.2, 0) is 14.3 Å². The predicted octanol–water partition coefficient (Wildman–Crippen LogP) is 4.19. The molecule has 1 unspecified atom stereocenters. The topological polar surface area (TPSA) is 51.1 Å². The van der Waals surface area contributed by atoms with Gasteiger partial charge in [0, 0.05) is 26.3 Å². The van der Waals surface area contributed by atoms with Crippen molar-refractivity contribution >= 4 is 23.4 Å². The van der Waals surface area contributed by atoms with Gasteiger partial charge < -0.3 is 14.4 Å². The molecule has 0 radical (unpaired) electrons. The van der Waals surface area contributed by atoms with E-state index in [0.717, 1.165) is 16.3 Å². The number of methoxy groups -OCH3 is 1. The van der Waals surface area contributed by atoms with Crippen molar-refractivity contribution in [2.24, 2.45) is 4.99 Å². The van der Waals surface area contributed by atoms with Gasteiger partial charge in [0.15, 0.2) is 0 Å². The SMILES string of the molecule is CCN=C(/C=C(\C)C(=O)OCC)C1=C(COC)N(C)C(c2ccccc2)S1. The van der Waals surface area contributed by atoms with Gasteiger partial charge in [0.1, 0.15) is 5.37 Å². The molecule has 1 aliphatic heterocycles. The Morgan fingerprint density at radius 3 is 2.59 bits per heavy atom. The Bertz CT molecular complexity index is 741. The number of likely N-dealkylation sites (N-methyl/N-ethyl adjacent to an activating group) is 1. The zero-order valence-electron chi connectivity index (χ0n) is 16.7. The number of allylic oxidation sites excluding steroid dienone is 2. The molecule has 146 valence electrons. The Morgan fingerprint density at radius 2 is 2.00 bits per heavy atom. The number of rotatable bonds is 8. The van der Waals surface area contributed by atoms with Crippen molar-refractivity contribution in [1.82, 2.24) is 4.90 Å². The van der Waals surface area contributed by atoms with Crippen LogP contribution in [0.4, 0.5) is 0 Å². The van der Waals surface area contributed by atoms with Gasteiger partial charge in [-0.1, -0.05) is 42.1 Å². The van der Waals surface area contributed by atoms with Crippen LogP contribution in [0.1, 0.15) is 31.7 Å². The number of hydrogen-bond donors (Lipinski definition) is 0. The monoisotopic (exact) mass is 388 g/mol. The molecule has 0 amide bonds. The fourth-order valence-electron chi connectivity index (χ4n) is 2.84. The summed E-state index contributed by atoms with van der Waals surface area (Å²) in [6, 6.07) is 10.4. The molecule has 0 N–H and O–H groups in total. The first-order chi connectivity index (χ1) is 13.0. The van der Waals surface area contributed by atoms with Crippen LogP contribution in [0.2, 0.25) is 0 Å². The smallest absolute Gasteiger partial charge is 0.333 e. The highest BCUT2D eigenvalue weighted by Crippen LogP contribution is 2.47. The maximum atomic E-state index is 12.1. The van der Waals surface area contributed by atoms with Gasteiger partial charge in [-0.25, -0.2) is 4.79 Å². The molecule has 1 aromatic rings. The van der Waals surface area contributed by atoms with Crippen molar-refractivity contribution in [2.45, 2.75) is 26.1 Å². The van der Waals surface area contributed by atoms with Crippen molar-refractivity contribution in [3.05, 3.63) is 58.1 Å². The molecule has 0 spiro atoms. The lowest BCUT2D eigenvalue weighted by molar-refractivity contribution is -0.138. The summed E-state index contributed by atoms with van der Waals surface area (Å²) in [6.07, 6.45) is 1.82. The number of esters is 1. The van der Waals surface area contributed by atoms with E-state index < -0.39 is 0 Å². The summed E-state index contributed by atoms with van der Waals surface area (Å²) in [7, 11) is 3.76. The number of hydrogen-bond acceptors (Lipinski definition) is 6. The first kappa shape index (κ1) is 21.3. The van der Waals surface area contributed by atoms with Crippen molar-refractivity contribution < 1.29 is 14.3 Å².